The quantitative estimate of drug-likeness (QED) is 0.757. The SMILES string of the molecule is CC.Cc1cncc(Cc2ccnc(Cl)c2F)c1C. The third kappa shape index (κ3) is 3.74. The van der Waals surface area contributed by atoms with E-state index in [2.05, 4.69) is 9.97 Å². The molecule has 0 atom stereocenters. The van der Waals surface area contributed by atoms with Gasteiger partial charge in [-0.25, -0.2) is 9.37 Å². The van der Waals surface area contributed by atoms with Crippen LogP contribution in [-0.2, 0) is 6.42 Å². The summed E-state index contributed by atoms with van der Waals surface area (Å²) in [7, 11) is 0. The molecule has 0 unspecified atom stereocenters. The number of halogens is 2. The van der Waals surface area contributed by atoms with Crippen LogP contribution in [0.1, 0.15) is 36.1 Å². The molecular weight excluding hydrogens is 263 g/mol. The molecule has 0 aliphatic carbocycles. The fourth-order valence-electron chi connectivity index (χ4n) is 1.66. The maximum Gasteiger partial charge on any atom is 0.165 e. The molecule has 19 heavy (non-hydrogen) atoms. The van der Waals surface area contributed by atoms with Crippen LogP contribution in [0.15, 0.2) is 24.7 Å². The third-order valence-electron chi connectivity index (χ3n) is 2.88. The van der Waals surface area contributed by atoms with Crippen LogP contribution in [-0.4, -0.2) is 9.97 Å². The van der Waals surface area contributed by atoms with Crippen molar-refractivity contribution in [2.24, 2.45) is 0 Å². The molecule has 0 spiro atoms. The fraction of sp³-hybridized carbons (Fsp3) is 0.333. The Kier molecular flexibility index (Phi) is 5.90. The summed E-state index contributed by atoms with van der Waals surface area (Å²) in [6, 6.07) is 1.64. The molecule has 0 saturated heterocycles. The number of aromatic nitrogens is 2. The molecule has 0 fully saturated rings. The molecule has 102 valence electrons. The van der Waals surface area contributed by atoms with Crippen LogP contribution in [0, 0.1) is 19.7 Å². The minimum Gasteiger partial charge on any atom is -0.264 e. The molecule has 0 bridgehead atoms. The Morgan fingerprint density at radius 1 is 1.16 bits per heavy atom. The first-order valence-corrected chi connectivity index (χ1v) is 6.66. The Morgan fingerprint density at radius 3 is 2.53 bits per heavy atom. The number of rotatable bonds is 2. The Labute approximate surface area is 118 Å². The largest absolute Gasteiger partial charge is 0.264 e. The predicted molar refractivity (Wildman–Crippen MR) is 77.1 cm³/mol. The van der Waals surface area contributed by atoms with Crippen molar-refractivity contribution in [1.29, 1.82) is 0 Å². The first-order valence-electron chi connectivity index (χ1n) is 6.28. The van der Waals surface area contributed by atoms with Crippen molar-refractivity contribution in [1.82, 2.24) is 9.97 Å². The van der Waals surface area contributed by atoms with Gasteiger partial charge in [0.05, 0.1) is 0 Å². The summed E-state index contributed by atoms with van der Waals surface area (Å²) >= 11 is 5.65. The van der Waals surface area contributed by atoms with Gasteiger partial charge < -0.3 is 0 Å². The van der Waals surface area contributed by atoms with E-state index in [1.807, 2.05) is 27.7 Å². The van der Waals surface area contributed by atoms with E-state index in [1.165, 1.54) is 6.20 Å². The summed E-state index contributed by atoms with van der Waals surface area (Å²) in [6.45, 7) is 7.99. The van der Waals surface area contributed by atoms with Crippen LogP contribution < -0.4 is 0 Å². The summed E-state index contributed by atoms with van der Waals surface area (Å²) in [5.74, 6) is -0.449. The molecule has 0 aromatic carbocycles. The molecule has 4 heteroatoms. The number of hydrogen-bond acceptors (Lipinski definition) is 2. The van der Waals surface area contributed by atoms with Gasteiger partial charge in [-0.05, 0) is 42.2 Å². The highest BCUT2D eigenvalue weighted by molar-refractivity contribution is 6.29. The van der Waals surface area contributed by atoms with E-state index in [0.29, 0.717) is 12.0 Å². The van der Waals surface area contributed by atoms with Crippen molar-refractivity contribution in [2.45, 2.75) is 34.1 Å². The van der Waals surface area contributed by atoms with E-state index in [1.54, 1.807) is 18.5 Å². The number of pyridine rings is 2. The van der Waals surface area contributed by atoms with Gasteiger partial charge in [0.25, 0.3) is 0 Å². The van der Waals surface area contributed by atoms with Gasteiger partial charge in [-0.15, -0.1) is 0 Å². The average molecular weight is 281 g/mol. The number of nitrogens with zero attached hydrogens (tertiary/aromatic N) is 2. The standard InChI is InChI=1S/C13H12ClFN2.C2H6/c1-8-6-16-7-11(9(8)2)5-10-3-4-17-13(14)12(10)15;1-2/h3-4,6-7H,5H2,1-2H3;1-2H3. The number of aryl methyl sites for hydroxylation is 1. The molecule has 2 aromatic heterocycles. The van der Waals surface area contributed by atoms with Gasteiger partial charge in [-0.3, -0.25) is 4.98 Å². The van der Waals surface area contributed by atoms with E-state index >= 15 is 0 Å². The van der Waals surface area contributed by atoms with E-state index in [9.17, 15) is 4.39 Å². The van der Waals surface area contributed by atoms with Gasteiger partial charge in [0.15, 0.2) is 11.0 Å². The lowest BCUT2D eigenvalue weighted by Crippen LogP contribution is -1.99. The van der Waals surface area contributed by atoms with Gasteiger partial charge in [0.1, 0.15) is 0 Å². The van der Waals surface area contributed by atoms with Crippen LogP contribution in [0.25, 0.3) is 0 Å². The Bertz CT molecular complexity index is 506. The monoisotopic (exact) mass is 280 g/mol. The number of hydrogen-bond donors (Lipinski definition) is 0. The fourth-order valence-corrected chi connectivity index (χ4v) is 1.84. The second kappa shape index (κ2) is 7.19. The van der Waals surface area contributed by atoms with Gasteiger partial charge in [-0.2, -0.15) is 0 Å². The summed E-state index contributed by atoms with van der Waals surface area (Å²) in [4.78, 5) is 7.82. The molecule has 2 aromatic rings. The lowest BCUT2D eigenvalue weighted by atomic mass is 10.0. The molecule has 0 radical (unpaired) electrons. The van der Waals surface area contributed by atoms with Gasteiger partial charge in [0, 0.05) is 25.0 Å². The first-order chi connectivity index (χ1) is 9.09. The van der Waals surface area contributed by atoms with Crippen LogP contribution in [0.2, 0.25) is 5.15 Å². The topological polar surface area (TPSA) is 25.8 Å². The van der Waals surface area contributed by atoms with Crippen molar-refractivity contribution in [2.75, 3.05) is 0 Å². The van der Waals surface area contributed by atoms with Crippen LogP contribution in [0.4, 0.5) is 4.39 Å². The van der Waals surface area contributed by atoms with Crippen molar-refractivity contribution >= 4 is 11.6 Å². The zero-order chi connectivity index (χ0) is 14.4. The summed E-state index contributed by atoms with van der Waals surface area (Å²) in [5, 5.41) is -0.0826. The normalized spacial score (nSPS) is 9.79. The molecule has 0 N–H and O–H groups in total. The smallest absolute Gasteiger partial charge is 0.165 e. The summed E-state index contributed by atoms with van der Waals surface area (Å²) in [6.07, 6.45) is 5.55. The van der Waals surface area contributed by atoms with Gasteiger partial charge >= 0.3 is 0 Å². The Morgan fingerprint density at radius 2 is 1.84 bits per heavy atom. The lowest BCUT2D eigenvalue weighted by Gasteiger charge is -2.08. The Balaban J connectivity index is 0.000000861. The molecule has 2 rings (SSSR count). The average Bonchev–Trinajstić information content (AvgIpc) is 2.42. The zero-order valence-corrected chi connectivity index (χ0v) is 12.4. The van der Waals surface area contributed by atoms with E-state index in [0.717, 1.165) is 16.7 Å². The molecule has 0 saturated carbocycles. The van der Waals surface area contributed by atoms with E-state index < -0.39 is 5.82 Å². The molecular formula is C15H18ClFN2. The predicted octanol–water partition coefficient (Wildman–Crippen LogP) is 4.50. The van der Waals surface area contributed by atoms with E-state index in [-0.39, 0.29) is 5.15 Å². The van der Waals surface area contributed by atoms with Gasteiger partial charge in [-0.1, -0.05) is 25.4 Å². The highest BCUT2D eigenvalue weighted by Crippen LogP contribution is 2.20. The maximum atomic E-state index is 13.7. The van der Waals surface area contributed by atoms with Crippen molar-refractivity contribution < 1.29 is 4.39 Å². The van der Waals surface area contributed by atoms with Gasteiger partial charge in [0.2, 0.25) is 0 Å². The van der Waals surface area contributed by atoms with Crippen LogP contribution in [0.3, 0.4) is 0 Å². The molecule has 0 aliphatic rings. The highest BCUT2D eigenvalue weighted by Gasteiger charge is 2.10. The van der Waals surface area contributed by atoms with Crippen molar-refractivity contribution in [3.8, 4) is 0 Å². The third-order valence-corrected chi connectivity index (χ3v) is 3.14. The minimum atomic E-state index is -0.449. The second-order valence-corrected chi connectivity index (χ2v) is 4.35. The maximum absolute atomic E-state index is 13.7. The lowest BCUT2D eigenvalue weighted by molar-refractivity contribution is 0.607. The summed E-state index contributed by atoms with van der Waals surface area (Å²) < 4.78 is 13.7. The summed E-state index contributed by atoms with van der Waals surface area (Å²) in [5.41, 5.74) is 3.78. The molecule has 0 aliphatic heterocycles. The van der Waals surface area contributed by atoms with Crippen LogP contribution in [0.5, 0.6) is 0 Å². The van der Waals surface area contributed by atoms with Crippen molar-refractivity contribution in [3.63, 3.8) is 0 Å². The zero-order valence-electron chi connectivity index (χ0n) is 11.7. The molecule has 0 amide bonds. The second-order valence-electron chi connectivity index (χ2n) is 3.99. The van der Waals surface area contributed by atoms with E-state index in [4.69, 9.17) is 11.6 Å². The molecule has 2 heterocycles. The Hall–Kier alpha value is -1.48. The minimum absolute atomic E-state index is 0.0826. The molecule has 2 nitrogen and oxygen atoms in total. The van der Waals surface area contributed by atoms with Crippen molar-refractivity contribution in [3.05, 3.63) is 57.9 Å². The first kappa shape index (κ1) is 15.6. The highest BCUT2D eigenvalue weighted by atomic mass is 35.5. The van der Waals surface area contributed by atoms with Crippen LogP contribution >= 0.6 is 11.6 Å².